The van der Waals surface area contributed by atoms with Crippen LogP contribution in [0.3, 0.4) is 0 Å². The first-order valence-corrected chi connectivity index (χ1v) is 8.13. The van der Waals surface area contributed by atoms with Crippen LogP contribution in [-0.2, 0) is 11.2 Å². The molecule has 0 bridgehead atoms. The van der Waals surface area contributed by atoms with Gasteiger partial charge in [0.25, 0.3) is 5.56 Å². The van der Waals surface area contributed by atoms with E-state index in [9.17, 15) is 14.0 Å². The fourth-order valence-corrected chi connectivity index (χ4v) is 2.89. The molecule has 0 fully saturated rings. The van der Waals surface area contributed by atoms with E-state index in [1.807, 2.05) is 6.07 Å². The quantitative estimate of drug-likeness (QED) is 0.528. The molecular formula is C19H15FN4O2. The maximum atomic E-state index is 13.3. The van der Waals surface area contributed by atoms with Crippen LogP contribution in [0.1, 0.15) is 12.0 Å². The predicted octanol–water partition coefficient (Wildman–Crippen LogP) is 3.11. The second-order valence-electron chi connectivity index (χ2n) is 6.08. The lowest BCUT2D eigenvalue weighted by molar-refractivity contribution is -0.116. The molecule has 0 spiro atoms. The molecule has 0 aliphatic carbocycles. The van der Waals surface area contributed by atoms with Crippen molar-refractivity contribution in [3.8, 4) is 0 Å². The third kappa shape index (κ3) is 3.19. The standard InChI is InChI=1S/C19H15FN4O2/c20-14-3-5-16-13(8-14)7-11(19(26)23-16)2-6-18(25)22-15-4-1-12-10-21-24-17(12)9-15/h1,3-5,7-10H,2,6H2,(H,21,24)(H,22,25)(H,23,26). The number of anilines is 1. The first-order chi connectivity index (χ1) is 12.6. The van der Waals surface area contributed by atoms with Gasteiger partial charge in [0.05, 0.1) is 11.7 Å². The Balaban J connectivity index is 1.47. The van der Waals surface area contributed by atoms with E-state index in [0.29, 0.717) is 22.2 Å². The second-order valence-corrected chi connectivity index (χ2v) is 6.08. The number of rotatable bonds is 4. The number of pyridine rings is 1. The van der Waals surface area contributed by atoms with Crippen molar-refractivity contribution < 1.29 is 9.18 Å². The Labute approximate surface area is 147 Å². The van der Waals surface area contributed by atoms with E-state index < -0.39 is 0 Å². The van der Waals surface area contributed by atoms with Gasteiger partial charge in [0.2, 0.25) is 5.91 Å². The number of fused-ring (bicyclic) bond motifs is 2. The zero-order chi connectivity index (χ0) is 18.1. The van der Waals surface area contributed by atoms with E-state index in [-0.39, 0.29) is 30.1 Å². The lowest BCUT2D eigenvalue weighted by Gasteiger charge is -2.06. The predicted molar refractivity (Wildman–Crippen MR) is 97.6 cm³/mol. The van der Waals surface area contributed by atoms with Crippen molar-refractivity contribution in [3.05, 3.63) is 70.4 Å². The maximum Gasteiger partial charge on any atom is 0.251 e. The molecule has 0 aliphatic heterocycles. The number of nitrogens with zero attached hydrogens (tertiary/aromatic N) is 1. The lowest BCUT2D eigenvalue weighted by atomic mass is 10.1. The summed E-state index contributed by atoms with van der Waals surface area (Å²) in [6, 6.07) is 11.2. The van der Waals surface area contributed by atoms with E-state index in [2.05, 4.69) is 20.5 Å². The third-order valence-corrected chi connectivity index (χ3v) is 4.23. The van der Waals surface area contributed by atoms with Gasteiger partial charge in [-0.3, -0.25) is 14.7 Å². The summed E-state index contributed by atoms with van der Waals surface area (Å²) in [5.74, 6) is -0.579. The van der Waals surface area contributed by atoms with Gasteiger partial charge in [-0.25, -0.2) is 4.39 Å². The van der Waals surface area contributed by atoms with E-state index in [0.717, 1.165) is 10.9 Å². The zero-order valence-electron chi connectivity index (χ0n) is 13.7. The number of aryl methyl sites for hydroxylation is 1. The minimum Gasteiger partial charge on any atom is -0.326 e. The summed E-state index contributed by atoms with van der Waals surface area (Å²) in [7, 11) is 0. The van der Waals surface area contributed by atoms with Crippen LogP contribution < -0.4 is 10.9 Å². The van der Waals surface area contributed by atoms with Crippen LogP contribution in [0.2, 0.25) is 0 Å². The number of H-pyrrole nitrogens is 2. The van der Waals surface area contributed by atoms with E-state index in [1.54, 1.807) is 24.4 Å². The molecule has 6 nitrogen and oxygen atoms in total. The minimum atomic E-state index is -0.373. The molecule has 2 aromatic heterocycles. The van der Waals surface area contributed by atoms with Gasteiger partial charge in [-0.15, -0.1) is 0 Å². The van der Waals surface area contributed by atoms with Gasteiger partial charge in [-0.1, -0.05) is 0 Å². The first kappa shape index (κ1) is 16.0. The number of hydrogen-bond donors (Lipinski definition) is 3. The Bertz CT molecular complexity index is 1180. The number of carbonyl (C=O) groups excluding carboxylic acids is 1. The number of aromatic amines is 2. The van der Waals surface area contributed by atoms with Crippen LogP contribution in [0.15, 0.2) is 53.5 Å². The number of halogens is 1. The molecule has 2 aromatic carbocycles. The lowest BCUT2D eigenvalue weighted by Crippen LogP contribution is -2.17. The second kappa shape index (κ2) is 6.44. The Kier molecular flexibility index (Phi) is 3.96. The first-order valence-electron chi connectivity index (χ1n) is 8.13. The number of hydrogen-bond acceptors (Lipinski definition) is 3. The highest BCUT2D eigenvalue weighted by molar-refractivity contribution is 5.93. The van der Waals surface area contributed by atoms with Gasteiger partial charge >= 0.3 is 0 Å². The Morgan fingerprint density at radius 2 is 1.96 bits per heavy atom. The van der Waals surface area contributed by atoms with Crippen LogP contribution in [0, 0.1) is 5.82 Å². The fraction of sp³-hybridized carbons (Fsp3) is 0.105. The molecule has 1 amide bonds. The van der Waals surface area contributed by atoms with Gasteiger partial charge in [0.1, 0.15) is 5.82 Å². The van der Waals surface area contributed by atoms with Crippen molar-refractivity contribution >= 4 is 33.4 Å². The molecule has 0 radical (unpaired) electrons. The Hall–Kier alpha value is -3.48. The number of benzene rings is 2. The molecule has 0 saturated carbocycles. The van der Waals surface area contributed by atoms with Crippen molar-refractivity contribution in [1.82, 2.24) is 15.2 Å². The molecule has 0 saturated heterocycles. The Morgan fingerprint density at radius 3 is 2.85 bits per heavy atom. The van der Waals surface area contributed by atoms with Crippen molar-refractivity contribution in [2.24, 2.45) is 0 Å². The summed E-state index contributed by atoms with van der Waals surface area (Å²) in [6.45, 7) is 0. The molecule has 130 valence electrons. The summed E-state index contributed by atoms with van der Waals surface area (Å²) >= 11 is 0. The number of carbonyl (C=O) groups is 1. The molecular weight excluding hydrogens is 335 g/mol. The van der Waals surface area contributed by atoms with Crippen molar-refractivity contribution in [2.75, 3.05) is 5.32 Å². The molecule has 3 N–H and O–H groups in total. The largest absolute Gasteiger partial charge is 0.326 e. The van der Waals surface area contributed by atoms with Gasteiger partial charge in [-0.2, -0.15) is 5.10 Å². The normalized spacial score (nSPS) is 11.1. The van der Waals surface area contributed by atoms with Crippen LogP contribution in [-0.4, -0.2) is 21.1 Å². The van der Waals surface area contributed by atoms with Gasteiger partial charge in [0.15, 0.2) is 0 Å². The van der Waals surface area contributed by atoms with Crippen LogP contribution in [0.5, 0.6) is 0 Å². The summed E-state index contributed by atoms with van der Waals surface area (Å²) in [6.07, 6.45) is 2.11. The Morgan fingerprint density at radius 1 is 1.08 bits per heavy atom. The molecule has 26 heavy (non-hydrogen) atoms. The van der Waals surface area contributed by atoms with Crippen molar-refractivity contribution in [3.63, 3.8) is 0 Å². The van der Waals surface area contributed by atoms with E-state index in [1.165, 1.54) is 18.2 Å². The zero-order valence-corrected chi connectivity index (χ0v) is 13.7. The summed E-state index contributed by atoms with van der Waals surface area (Å²) < 4.78 is 13.3. The van der Waals surface area contributed by atoms with Gasteiger partial charge < -0.3 is 10.3 Å². The number of aromatic nitrogens is 3. The highest BCUT2D eigenvalue weighted by Crippen LogP contribution is 2.17. The van der Waals surface area contributed by atoms with Crippen molar-refractivity contribution in [2.45, 2.75) is 12.8 Å². The summed E-state index contributed by atoms with van der Waals surface area (Å²) in [5.41, 5.74) is 2.23. The smallest absolute Gasteiger partial charge is 0.251 e. The number of amides is 1. The highest BCUT2D eigenvalue weighted by Gasteiger charge is 2.08. The molecule has 0 unspecified atom stereocenters. The molecule has 0 aliphatic rings. The monoisotopic (exact) mass is 350 g/mol. The third-order valence-electron chi connectivity index (χ3n) is 4.23. The molecule has 4 rings (SSSR count). The van der Waals surface area contributed by atoms with E-state index in [4.69, 9.17) is 0 Å². The van der Waals surface area contributed by atoms with Crippen molar-refractivity contribution in [1.29, 1.82) is 0 Å². The van der Waals surface area contributed by atoms with Crippen LogP contribution >= 0.6 is 0 Å². The van der Waals surface area contributed by atoms with Gasteiger partial charge in [-0.05, 0) is 48.9 Å². The molecule has 0 atom stereocenters. The SMILES string of the molecule is O=C(CCc1cc2cc(F)ccc2[nH]c1=O)Nc1ccc2cn[nH]c2c1. The van der Waals surface area contributed by atoms with Gasteiger partial charge in [0, 0.05) is 34.0 Å². The van der Waals surface area contributed by atoms with Crippen LogP contribution in [0.4, 0.5) is 10.1 Å². The molecule has 7 heteroatoms. The average Bonchev–Trinajstić information content (AvgIpc) is 3.08. The average molecular weight is 350 g/mol. The van der Waals surface area contributed by atoms with E-state index >= 15 is 0 Å². The minimum absolute atomic E-state index is 0.144. The molecule has 4 aromatic rings. The summed E-state index contributed by atoms with van der Waals surface area (Å²) in [5, 5.41) is 11.1. The molecule has 2 heterocycles. The summed E-state index contributed by atoms with van der Waals surface area (Å²) in [4.78, 5) is 27.0. The maximum absolute atomic E-state index is 13.3. The van der Waals surface area contributed by atoms with Crippen LogP contribution in [0.25, 0.3) is 21.8 Å². The number of nitrogens with one attached hydrogen (secondary N) is 3. The topological polar surface area (TPSA) is 90.6 Å². The highest BCUT2D eigenvalue weighted by atomic mass is 19.1. The fourth-order valence-electron chi connectivity index (χ4n) is 2.89.